The molecule has 4 nitrogen and oxygen atoms in total. The lowest BCUT2D eigenvalue weighted by atomic mass is 10.3. The van der Waals surface area contributed by atoms with E-state index in [-0.39, 0.29) is 18.1 Å². The quantitative estimate of drug-likeness (QED) is 0.573. The summed E-state index contributed by atoms with van der Waals surface area (Å²) in [4.78, 5) is 23.3. The lowest BCUT2D eigenvalue weighted by Crippen LogP contribution is -2.30. The SMILES string of the molecule is CC(=O)CC(=O)N1CCC(O)C1. The number of Topliss-reactive ketones (excluding diaryl/α,β-unsaturated/α-hetero) is 1. The standard InChI is InChI=1S/C8H13NO3/c1-6(10)4-8(12)9-3-2-7(11)5-9/h7,11H,2-5H2,1H3. The van der Waals surface area contributed by atoms with Crippen LogP contribution in [0.4, 0.5) is 0 Å². The first kappa shape index (κ1) is 9.19. The van der Waals surface area contributed by atoms with Crippen molar-refractivity contribution in [2.24, 2.45) is 0 Å². The molecule has 0 radical (unpaired) electrons. The van der Waals surface area contributed by atoms with Gasteiger partial charge in [0.2, 0.25) is 5.91 Å². The molecule has 1 unspecified atom stereocenters. The second kappa shape index (κ2) is 3.67. The average Bonchev–Trinajstić information content (AvgIpc) is 2.34. The molecule has 0 spiro atoms. The minimum atomic E-state index is -0.402. The number of ketones is 1. The van der Waals surface area contributed by atoms with Gasteiger partial charge in [0, 0.05) is 13.1 Å². The van der Waals surface area contributed by atoms with Gasteiger partial charge in [-0.2, -0.15) is 0 Å². The molecule has 1 atom stereocenters. The smallest absolute Gasteiger partial charge is 0.230 e. The van der Waals surface area contributed by atoms with Crippen molar-refractivity contribution in [1.82, 2.24) is 4.90 Å². The van der Waals surface area contributed by atoms with E-state index in [0.717, 1.165) is 0 Å². The van der Waals surface area contributed by atoms with E-state index in [4.69, 9.17) is 5.11 Å². The highest BCUT2D eigenvalue weighted by Gasteiger charge is 2.24. The van der Waals surface area contributed by atoms with Gasteiger partial charge >= 0.3 is 0 Å². The summed E-state index contributed by atoms with van der Waals surface area (Å²) in [6.07, 6.45) is 0.192. The van der Waals surface area contributed by atoms with Gasteiger partial charge in [0.1, 0.15) is 5.78 Å². The zero-order chi connectivity index (χ0) is 9.14. The predicted molar refractivity (Wildman–Crippen MR) is 42.5 cm³/mol. The molecule has 1 fully saturated rings. The van der Waals surface area contributed by atoms with Crippen LogP contribution in [-0.4, -0.2) is 40.9 Å². The van der Waals surface area contributed by atoms with Gasteiger partial charge in [-0.05, 0) is 13.3 Å². The van der Waals surface area contributed by atoms with Crippen LogP contribution >= 0.6 is 0 Å². The second-order valence-electron chi connectivity index (χ2n) is 3.16. The zero-order valence-electron chi connectivity index (χ0n) is 7.12. The molecule has 1 saturated heterocycles. The van der Waals surface area contributed by atoms with Gasteiger partial charge < -0.3 is 10.0 Å². The number of aliphatic hydroxyl groups excluding tert-OH is 1. The summed E-state index contributed by atoms with van der Waals surface area (Å²) in [7, 11) is 0. The summed E-state index contributed by atoms with van der Waals surface area (Å²) in [5, 5.41) is 9.10. The molecule has 0 aromatic rings. The molecular weight excluding hydrogens is 158 g/mol. The fourth-order valence-electron chi connectivity index (χ4n) is 1.29. The third-order valence-corrected chi connectivity index (χ3v) is 1.92. The molecule has 1 aliphatic rings. The Kier molecular flexibility index (Phi) is 2.81. The molecule has 0 aromatic heterocycles. The summed E-state index contributed by atoms with van der Waals surface area (Å²) in [5.74, 6) is -0.291. The highest BCUT2D eigenvalue weighted by atomic mass is 16.3. The minimum absolute atomic E-state index is 0.0350. The Labute approximate surface area is 71.2 Å². The van der Waals surface area contributed by atoms with Crippen LogP contribution < -0.4 is 0 Å². The average molecular weight is 171 g/mol. The first-order valence-electron chi connectivity index (χ1n) is 4.05. The number of aliphatic hydroxyl groups is 1. The predicted octanol–water partition coefficient (Wildman–Crippen LogP) is -0.441. The molecule has 1 rings (SSSR count). The van der Waals surface area contributed by atoms with Gasteiger partial charge in [0.15, 0.2) is 0 Å². The van der Waals surface area contributed by atoms with Crippen LogP contribution in [0.1, 0.15) is 19.8 Å². The summed E-state index contributed by atoms with van der Waals surface area (Å²) in [6, 6.07) is 0. The fraction of sp³-hybridized carbons (Fsp3) is 0.750. The molecule has 0 aliphatic carbocycles. The van der Waals surface area contributed by atoms with E-state index in [9.17, 15) is 9.59 Å². The van der Waals surface area contributed by atoms with Crippen molar-refractivity contribution in [1.29, 1.82) is 0 Å². The monoisotopic (exact) mass is 171 g/mol. The highest BCUT2D eigenvalue weighted by Crippen LogP contribution is 2.09. The van der Waals surface area contributed by atoms with Gasteiger partial charge in [-0.25, -0.2) is 0 Å². The van der Waals surface area contributed by atoms with Crippen molar-refractivity contribution in [2.45, 2.75) is 25.9 Å². The van der Waals surface area contributed by atoms with E-state index >= 15 is 0 Å². The van der Waals surface area contributed by atoms with Crippen LogP contribution in [0, 0.1) is 0 Å². The largest absolute Gasteiger partial charge is 0.391 e. The topological polar surface area (TPSA) is 57.6 Å². The van der Waals surface area contributed by atoms with Crippen molar-refractivity contribution in [3.8, 4) is 0 Å². The molecule has 0 saturated carbocycles. The lowest BCUT2D eigenvalue weighted by molar-refractivity contribution is -0.134. The molecule has 0 bridgehead atoms. The molecule has 1 N–H and O–H groups in total. The Balaban J connectivity index is 2.38. The van der Waals surface area contributed by atoms with E-state index in [0.29, 0.717) is 19.5 Å². The Morgan fingerprint density at radius 3 is 2.67 bits per heavy atom. The molecule has 4 heteroatoms. The molecule has 12 heavy (non-hydrogen) atoms. The maximum absolute atomic E-state index is 11.2. The molecule has 1 amide bonds. The number of hydrogen-bond acceptors (Lipinski definition) is 3. The summed E-state index contributed by atoms with van der Waals surface area (Å²) < 4.78 is 0. The highest BCUT2D eigenvalue weighted by molar-refractivity contribution is 5.96. The first-order chi connectivity index (χ1) is 5.59. The first-order valence-corrected chi connectivity index (χ1v) is 4.05. The number of nitrogens with zero attached hydrogens (tertiary/aromatic N) is 1. The van der Waals surface area contributed by atoms with E-state index in [1.807, 2.05) is 0 Å². The minimum Gasteiger partial charge on any atom is -0.391 e. The molecule has 1 aliphatic heterocycles. The molecule has 1 heterocycles. The van der Waals surface area contributed by atoms with Crippen LogP contribution in [-0.2, 0) is 9.59 Å². The van der Waals surface area contributed by atoms with E-state index in [2.05, 4.69) is 0 Å². The number of carbonyl (C=O) groups excluding carboxylic acids is 2. The third-order valence-electron chi connectivity index (χ3n) is 1.92. The van der Waals surface area contributed by atoms with Gasteiger partial charge in [-0.3, -0.25) is 9.59 Å². The van der Waals surface area contributed by atoms with E-state index < -0.39 is 6.10 Å². The van der Waals surface area contributed by atoms with Crippen LogP contribution in [0.25, 0.3) is 0 Å². The van der Waals surface area contributed by atoms with Crippen LogP contribution in [0.2, 0.25) is 0 Å². The molecule has 68 valence electrons. The maximum atomic E-state index is 11.2. The van der Waals surface area contributed by atoms with Crippen LogP contribution in [0.5, 0.6) is 0 Å². The third kappa shape index (κ3) is 2.30. The number of β-amino-alcohol motifs (C(OH)–C–C–N with tert-alkyl or cyclic N) is 1. The summed E-state index contributed by atoms with van der Waals surface area (Å²) >= 11 is 0. The van der Waals surface area contributed by atoms with Crippen molar-refractivity contribution in [2.75, 3.05) is 13.1 Å². The van der Waals surface area contributed by atoms with Crippen molar-refractivity contribution >= 4 is 11.7 Å². The Bertz CT molecular complexity index is 202. The molecular formula is C8H13NO3. The Morgan fingerprint density at radius 1 is 1.58 bits per heavy atom. The lowest BCUT2D eigenvalue weighted by Gasteiger charge is -2.13. The van der Waals surface area contributed by atoms with E-state index in [1.165, 1.54) is 11.8 Å². The molecule has 0 aromatic carbocycles. The number of likely N-dealkylation sites (tertiary alicyclic amines) is 1. The zero-order valence-corrected chi connectivity index (χ0v) is 7.12. The summed E-state index contributed by atoms with van der Waals surface area (Å²) in [5.41, 5.74) is 0. The normalized spacial score (nSPS) is 22.8. The van der Waals surface area contributed by atoms with Crippen LogP contribution in [0.3, 0.4) is 0 Å². The van der Waals surface area contributed by atoms with Gasteiger partial charge in [0.05, 0.1) is 12.5 Å². The van der Waals surface area contributed by atoms with Crippen molar-refractivity contribution in [3.05, 3.63) is 0 Å². The maximum Gasteiger partial charge on any atom is 0.230 e. The van der Waals surface area contributed by atoms with Gasteiger partial charge in [-0.15, -0.1) is 0 Å². The fourth-order valence-corrected chi connectivity index (χ4v) is 1.29. The second-order valence-corrected chi connectivity index (χ2v) is 3.16. The number of amides is 1. The van der Waals surface area contributed by atoms with Crippen molar-refractivity contribution in [3.63, 3.8) is 0 Å². The van der Waals surface area contributed by atoms with Crippen molar-refractivity contribution < 1.29 is 14.7 Å². The number of hydrogen-bond donors (Lipinski definition) is 1. The Morgan fingerprint density at radius 2 is 2.25 bits per heavy atom. The van der Waals surface area contributed by atoms with E-state index in [1.54, 1.807) is 0 Å². The van der Waals surface area contributed by atoms with Gasteiger partial charge in [-0.1, -0.05) is 0 Å². The number of rotatable bonds is 2. The number of carbonyl (C=O) groups is 2. The van der Waals surface area contributed by atoms with Gasteiger partial charge in [0.25, 0.3) is 0 Å². The Hall–Kier alpha value is -0.900. The summed E-state index contributed by atoms with van der Waals surface area (Å²) in [6.45, 7) is 2.35. The van der Waals surface area contributed by atoms with Crippen LogP contribution in [0.15, 0.2) is 0 Å².